The highest BCUT2D eigenvalue weighted by Gasteiger charge is 2.21. The number of rotatable bonds is 4. The standard InChI is InChI=1S/C12H17FN2O2/c1-8(2)15(5-6-16)12(17)10-4-3-9(14)7-11(10)13/h3-4,7-8,16H,5-6,14H2,1-2H3. The Morgan fingerprint density at radius 1 is 1.53 bits per heavy atom. The molecule has 1 amide bonds. The SMILES string of the molecule is CC(C)N(CCO)C(=O)c1ccc(N)cc1F. The molecular formula is C12H17FN2O2. The number of aliphatic hydroxyl groups is 1. The average Bonchev–Trinajstić information content (AvgIpc) is 2.24. The van der Waals surface area contributed by atoms with Crippen molar-refractivity contribution in [3.05, 3.63) is 29.6 Å². The molecule has 1 aromatic rings. The minimum absolute atomic E-state index is 0.0265. The molecule has 0 atom stereocenters. The summed E-state index contributed by atoms with van der Waals surface area (Å²) in [7, 11) is 0. The van der Waals surface area contributed by atoms with Gasteiger partial charge in [0.2, 0.25) is 0 Å². The first-order chi connectivity index (χ1) is 7.97. The van der Waals surface area contributed by atoms with Crippen LogP contribution in [0.1, 0.15) is 24.2 Å². The van der Waals surface area contributed by atoms with Crippen LogP contribution in [0, 0.1) is 5.82 Å². The molecule has 1 aromatic carbocycles. The maximum Gasteiger partial charge on any atom is 0.257 e. The summed E-state index contributed by atoms with van der Waals surface area (Å²) in [6.45, 7) is 3.65. The van der Waals surface area contributed by atoms with Gasteiger partial charge in [-0.05, 0) is 32.0 Å². The zero-order chi connectivity index (χ0) is 13.0. The maximum atomic E-state index is 13.6. The number of aliphatic hydroxyl groups excluding tert-OH is 1. The lowest BCUT2D eigenvalue weighted by molar-refractivity contribution is 0.0660. The van der Waals surface area contributed by atoms with Crippen molar-refractivity contribution in [2.24, 2.45) is 0 Å². The second kappa shape index (κ2) is 5.63. The third-order valence-electron chi connectivity index (χ3n) is 2.45. The van der Waals surface area contributed by atoms with Crippen LogP contribution in [0.3, 0.4) is 0 Å². The number of benzene rings is 1. The summed E-state index contributed by atoms with van der Waals surface area (Å²) in [4.78, 5) is 13.5. The van der Waals surface area contributed by atoms with E-state index in [0.29, 0.717) is 0 Å². The molecule has 3 N–H and O–H groups in total. The van der Waals surface area contributed by atoms with E-state index in [-0.39, 0.29) is 30.4 Å². The van der Waals surface area contributed by atoms with E-state index in [2.05, 4.69) is 0 Å². The molecule has 4 nitrogen and oxygen atoms in total. The molecule has 0 fully saturated rings. The smallest absolute Gasteiger partial charge is 0.257 e. The van der Waals surface area contributed by atoms with Crippen molar-refractivity contribution in [1.29, 1.82) is 0 Å². The molecule has 0 aliphatic heterocycles. The average molecular weight is 240 g/mol. The van der Waals surface area contributed by atoms with Gasteiger partial charge in [0.25, 0.3) is 5.91 Å². The molecule has 1 rings (SSSR count). The summed E-state index contributed by atoms with van der Waals surface area (Å²) in [5.41, 5.74) is 5.67. The summed E-state index contributed by atoms with van der Waals surface area (Å²) < 4.78 is 13.6. The number of halogens is 1. The van der Waals surface area contributed by atoms with Gasteiger partial charge in [-0.25, -0.2) is 4.39 Å². The lowest BCUT2D eigenvalue weighted by Crippen LogP contribution is -2.39. The third-order valence-corrected chi connectivity index (χ3v) is 2.45. The van der Waals surface area contributed by atoms with Crippen molar-refractivity contribution >= 4 is 11.6 Å². The fourth-order valence-corrected chi connectivity index (χ4v) is 1.56. The van der Waals surface area contributed by atoms with Gasteiger partial charge in [-0.1, -0.05) is 0 Å². The molecule has 0 heterocycles. The lowest BCUT2D eigenvalue weighted by Gasteiger charge is -2.26. The predicted octanol–water partition coefficient (Wildman–Crippen LogP) is 1.25. The second-order valence-electron chi connectivity index (χ2n) is 4.06. The highest BCUT2D eigenvalue weighted by atomic mass is 19.1. The van der Waals surface area contributed by atoms with Gasteiger partial charge in [0.05, 0.1) is 12.2 Å². The van der Waals surface area contributed by atoms with E-state index >= 15 is 0 Å². The number of nitrogen functional groups attached to an aromatic ring is 1. The van der Waals surface area contributed by atoms with Crippen LogP contribution in [0.5, 0.6) is 0 Å². The number of nitrogens with zero attached hydrogens (tertiary/aromatic N) is 1. The van der Waals surface area contributed by atoms with E-state index < -0.39 is 11.7 Å². The van der Waals surface area contributed by atoms with Gasteiger partial charge < -0.3 is 15.7 Å². The van der Waals surface area contributed by atoms with Crippen molar-refractivity contribution in [3.63, 3.8) is 0 Å². The Hall–Kier alpha value is -1.62. The van der Waals surface area contributed by atoms with E-state index in [9.17, 15) is 9.18 Å². The second-order valence-corrected chi connectivity index (χ2v) is 4.06. The summed E-state index contributed by atoms with van der Waals surface area (Å²) in [5, 5.41) is 8.89. The number of carbonyl (C=O) groups excluding carboxylic acids is 1. The highest BCUT2D eigenvalue weighted by molar-refractivity contribution is 5.95. The van der Waals surface area contributed by atoms with Crippen LogP contribution in [-0.2, 0) is 0 Å². The molecule has 0 radical (unpaired) electrons. The molecule has 0 unspecified atom stereocenters. The number of nitrogens with two attached hydrogens (primary N) is 1. The Kier molecular flexibility index (Phi) is 4.45. The molecule has 0 bridgehead atoms. The number of amides is 1. The Morgan fingerprint density at radius 3 is 2.65 bits per heavy atom. The minimum atomic E-state index is -0.640. The predicted molar refractivity (Wildman–Crippen MR) is 64.1 cm³/mol. The molecule has 0 aromatic heterocycles. The minimum Gasteiger partial charge on any atom is -0.399 e. The van der Waals surface area contributed by atoms with Crippen LogP contribution < -0.4 is 5.73 Å². The first-order valence-corrected chi connectivity index (χ1v) is 5.44. The summed E-state index contributed by atoms with van der Waals surface area (Å²) in [6, 6.07) is 3.85. The van der Waals surface area contributed by atoms with Crippen molar-refractivity contribution in [2.75, 3.05) is 18.9 Å². The zero-order valence-corrected chi connectivity index (χ0v) is 9.98. The highest BCUT2D eigenvalue weighted by Crippen LogP contribution is 2.15. The molecule has 94 valence electrons. The normalized spacial score (nSPS) is 10.6. The van der Waals surface area contributed by atoms with Gasteiger partial charge in [-0.2, -0.15) is 0 Å². The van der Waals surface area contributed by atoms with Crippen LogP contribution in [0.15, 0.2) is 18.2 Å². The van der Waals surface area contributed by atoms with Crippen molar-refractivity contribution in [2.45, 2.75) is 19.9 Å². The van der Waals surface area contributed by atoms with Crippen LogP contribution in [0.2, 0.25) is 0 Å². The lowest BCUT2D eigenvalue weighted by atomic mass is 10.1. The zero-order valence-electron chi connectivity index (χ0n) is 9.98. The fraction of sp³-hybridized carbons (Fsp3) is 0.417. The number of hydrogen-bond acceptors (Lipinski definition) is 3. The first kappa shape index (κ1) is 13.4. The van der Waals surface area contributed by atoms with Crippen LogP contribution >= 0.6 is 0 Å². The molecule has 17 heavy (non-hydrogen) atoms. The number of anilines is 1. The monoisotopic (exact) mass is 240 g/mol. The number of carbonyl (C=O) groups is 1. The van der Waals surface area contributed by atoms with Gasteiger partial charge in [-0.3, -0.25) is 4.79 Å². The van der Waals surface area contributed by atoms with E-state index in [4.69, 9.17) is 10.8 Å². The van der Waals surface area contributed by atoms with Gasteiger partial charge >= 0.3 is 0 Å². The van der Waals surface area contributed by atoms with Gasteiger partial charge in [0.15, 0.2) is 0 Å². The third kappa shape index (κ3) is 3.17. The largest absolute Gasteiger partial charge is 0.399 e. The summed E-state index contributed by atoms with van der Waals surface area (Å²) >= 11 is 0. The van der Waals surface area contributed by atoms with E-state index in [1.54, 1.807) is 0 Å². The van der Waals surface area contributed by atoms with Gasteiger partial charge in [-0.15, -0.1) is 0 Å². The maximum absolute atomic E-state index is 13.6. The summed E-state index contributed by atoms with van der Waals surface area (Å²) in [5.74, 6) is -1.08. The fourth-order valence-electron chi connectivity index (χ4n) is 1.56. The number of hydrogen-bond donors (Lipinski definition) is 2. The van der Waals surface area contributed by atoms with Gasteiger partial charge in [0.1, 0.15) is 5.82 Å². The van der Waals surface area contributed by atoms with Crippen LogP contribution in [-0.4, -0.2) is 35.1 Å². The molecule has 0 aliphatic carbocycles. The molecule has 0 saturated heterocycles. The quantitative estimate of drug-likeness (QED) is 0.778. The summed E-state index contributed by atoms with van der Waals surface area (Å²) in [6.07, 6.45) is 0. The van der Waals surface area contributed by atoms with Gasteiger partial charge in [0, 0.05) is 18.3 Å². The Morgan fingerprint density at radius 2 is 2.18 bits per heavy atom. The topological polar surface area (TPSA) is 66.6 Å². The first-order valence-electron chi connectivity index (χ1n) is 5.44. The molecular weight excluding hydrogens is 223 g/mol. The van der Waals surface area contributed by atoms with Crippen LogP contribution in [0.25, 0.3) is 0 Å². The van der Waals surface area contributed by atoms with Crippen LogP contribution in [0.4, 0.5) is 10.1 Å². The van der Waals surface area contributed by atoms with E-state index in [1.807, 2.05) is 13.8 Å². The Balaban J connectivity index is 3.01. The Labute approximate surface area is 99.8 Å². The van der Waals surface area contributed by atoms with Crippen molar-refractivity contribution in [1.82, 2.24) is 4.90 Å². The molecule has 0 spiro atoms. The van der Waals surface area contributed by atoms with E-state index in [1.165, 1.54) is 17.0 Å². The van der Waals surface area contributed by atoms with Crippen molar-refractivity contribution < 1.29 is 14.3 Å². The van der Waals surface area contributed by atoms with Crippen molar-refractivity contribution in [3.8, 4) is 0 Å². The molecule has 5 heteroatoms. The molecule has 0 saturated carbocycles. The van der Waals surface area contributed by atoms with E-state index in [0.717, 1.165) is 6.07 Å². The Bertz CT molecular complexity index is 407. The molecule has 0 aliphatic rings.